The van der Waals surface area contributed by atoms with Gasteiger partial charge in [-0.15, -0.1) is 0 Å². The largest absolute Gasteiger partial charge is 0.489 e. The normalized spacial score (nSPS) is 10.7. The number of fused-ring (bicyclic) bond motifs is 1. The van der Waals surface area contributed by atoms with Gasteiger partial charge in [-0.1, -0.05) is 30.3 Å². The number of nitriles is 1. The van der Waals surface area contributed by atoms with Gasteiger partial charge in [0.25, 0.3) is 5.91 Å². The van der Waals surface area contributed by atoms with Gasteiger partial charge in [-0.2, -0.15) is 10.4 Å². The monoisotopic (exact) mass is 332 g/mol. The minimum Gasteiger partial charge on any atom is -0.489 e. The number of carbonyl (C=O) groups is 1. The number of nitrogens with one attached hydrogen (secondary N) is 2. The van der Waals surface area contributed by atoms with Crippen LogP contribution in [0.2, 0.25) is 0 Å². The van der Waals surface area contributed by atoms with Gasteiger partial charge in [0.15, 0.2) is 0 Å². The van der Waals surface area contributed by atoms with E-state index < -0.39 is 5.91 Å². The Kier molecular flexibility index (Phi) is 5.07. The number of benzene rings is 2. The summed E-state index contributed by atoms with van der Waals surface area (Å²) in [5.41, 5.74) is 5.16. The molecule has 0 atom stereocenters. The van der Waals surface area contributed by atoms with Crippen molar-refractivity contribution in [3.63, 3.8) is 0 Å². The average Bonchev–Trinajstić information content (AvgIpc) is 3.03. The Bertz CT molecular complexity index is 939. The second-order valence-corrected chi connectivity index (χ2v) is 5.35. The Morgan fingerprint density at radius 1 is 1.28 bits per heavy atom. The van der Waals surface area contributed by atoms with Crippen molar-refractivity contribution in [1.82, 2.24) is 10.4 Å². The van der Waals surface area contributed by atoms with E-state index in [0.29, 0.717) is 6.61 Å². The first-order valence-corrected chi connectivity index (χ1v) is 7.73. The summed E-state index contributed by atoms with van der Waals surface area (Å²) < 4.78 is 5.81. The number of hydrogen-bond acceptors (Lipinski definition) is 4. The van der Waals surface area contributed by atoms with E-state index in [2.05, 4.69) is 15.5 Å². The first-order valence-electron chi connectivity index (χ1n) is 7.73. The average molecular weight is 332 g/mol. The predicted molar refractivity (Wildman–Crippen MR) is 95.0 cm³/mol. The lowest BCUT2D eigenvalue weighted by molar-refractivity contribution is -0.120. The summed E-state index contributed by atoms with van der Waals surface area (Å²) in [6.45, 7) is 0.506. The van der Waals surface area contributed by atoms with Crippen molar-refractivity contribution < 1.29 is 9.53 Å². The van der Waals surface area contributed by atoms with Crippen molar-refractivity contribution in [3.05, 3.63) is 65.9 Å². The van der Waals surface area contributed by atoms with Crippen LogP contribution in [0.3, 0.4) is 0 Å². The highest BCUT2D eigenvalue weighted by atomic mass is 16.5. The maximum atomic E-state index is 11.2. The van der Waals surface area contributed by atoms with Crippen LogP contribution in [0.15, 0.2) is 59.8 Å². The number of ether oxygens (including phenoxy) is 1. The van der Waals surface area contributed by atoms with Gasteiger partial charge >= 0.3 is 0 Å². The molecule has 6 heteroatoms. The van der Waals surface area contributed by atoms with Gasteiger partial charge in [0.05, 0.1) is 12.3 Å². The van der Waals surface area contributed by atoms with Crippen molar-refractivity contribution >= 4 is 23.0 Å². The lowest BCUT2D eigenvalue weighted by Crippen LogP contribution is -2.16. The van der Waals surface area contributed by atoms with Crippen LogP contribution >= 0.6 is 0 Å². The molecule has 25 heavy (non-hydrogen) atoms. The molecule has 3 aromatic rings. The van der Waals surface area contributed by atoms with Crippen LogP contribution in [-0.4, -0.2) is 17.1 Å². The van der Waals surface area contributed by atoms with Gasteiger partial charge in [-0.05, 0) is 17.7 Å². The van der Waals surface area contributed by atoms with Crippen LogP contribution in [0.4, 0.5) is 0 Å². The van der Waals surface area contributed by atoms with E-state index in [1.165, 1.54) is 0 Å². The number of H-pyrrole nitrogens is 1. The van der Waals surface area contributed by atoms with Crippen molar-refractivity contribution in [2.45, 2.75) is 13.0 Å². The topological polar surface area (TPSA) is 90.3 Å². The van der Waals surface area contributed by atoms with Crippen LogP contribution in [0.5, 0.6) is 5.75 Å². The summed E-state index contributed by atoms with van der Waals surface area (Å²) in [5, 5.41) is 13.2. The molecule has 0 bridgehead atoms. The van der Waals surface area contributed by atoms with Crippen LogP contribution < -0.4 is 10.2 Å². The van der Waals surface area contributed by atoms with Crippen LogP contribution in [0.25, 0.3) is 10.9 Å². The van der Waals surface area contributed by atoms with E-state index >= 15 is 0 Å². The zero-order valence-corrected chi connectivity index (χ0v) is 13.4. The van der Waals surface area contributed by atoms with Gasteiger partial charge in [0, 0.05) is 28.7 Å². The third kappa shape index (κ3) is 4.24. The van der Waals surface area contributed by atoms with Crippen molar-refractivity contribution in [3.8, 4) is 11.8 Å². The molecule has 0 aliphatic carbocycles. The maximum absolute atomic E-state index is 11.2. The summed E-state index contributed by atoms with van der Waals surface area (Å²) in [7, 11) is 0. The zero-order chi connectivity index (χ0) is 17.5. The molecule has 0 aliphatic heterocycles. The molecule has 0 fully saturated rings. The molecule has 0 radical (unpaired) electrons. The Hall–Kier alpha value is -3.59. The van der Waals surface area contributed by atoms with Crippen LogP contribution in [0.1, 0.15) is 17.5 Å². The Balaban J connectivity index is 1.67. The van der Waals surface area contributed by atoms with Crippen molar-refractivity contribution in [1.29, 1.82) is 5.26 Å². The molecule has 0 unspecified atom stereocenters. The van der Waals surface area contributed by atoms with Crippen molar-refractivity contribution in [2.24, 2.45) is 5.10 Å². The third-order valence-electron chi connectivity index (χ3n) is 3.57. The first kappa shape index (κ1) is 16.3. The van der Waals surface area contributed by atoms with Gasteiger partial charge in [0.2, 0.25) is 0 Å². The molecule has 124 valence electrons. The number of rotatable bonds is 6. The number of amides is 1. The second kappa shape index (κ2) is 7.79. The Morgan fingerprint density at radius 3 is 2.92 bits per heavy atom. The van der Waals surface area contributed by atoms with E-state index in [-0.39, 0.29) is 6.42 Å². The molecule has 1 heterocycles. The van der Waals surface area contributed by atoms with Crippen LogP contribution in [0, 0.1) is 11.3 Å². The molecule has 0 saturated heterocycles. The van der Waals surface area contributed by atoms with Gasteiger partial charge < -0.3 is 9.72 Å². The highest BCUT2D eigenvalue weighted by Crippen LogP contribution is 2.23. The fourth-order valence-corrected chi connectivity index (χ4v) is 2.35. The fourth-order valence-electron chi connectivity index (χ4n) is 2.35. The third-order valence-corrected chi connectivity index (χ3v) is 3.57. The number of aromatic nitrogens is 1. The highest BCUT2D eigenvalue weighted by Gasteiger charge is 2.04. The summed E-state index contributed by atoms with van der Waals surface area (Å²) in [5.74, 6) is 0.333. The predicted octanol–water partition coefficient (Wildman–Crippen LogP) is 3.11. The molecule has 0 saturated carbocycles. The first-order chi connectivity index (χ1) is 12.3. The molecule has 2 N–H and O–H groups in total. The minimum absolute atomic E-state index is 0.215. The SMILES string of the molecule is N#CCC(=O)N/N=C/c1c[nH]c2cc(OCc3ccccc3)ccc12. The molecule has 6 nitrogen and oxygen atoms in total. The van der Waals surface area contributed by atoms with Crippen molar-refractivity contribution in [2.75, 3.05) is 0 Å². The minimum atomic E-state index is -0.435. The standard InChI is InChI=1S/C19H16N4O2/c20-9-8-19(24)23-22-12-15-11-21-18-10-16(6-7-17(15)18)25-13-14-4-2-1-3-5-14/h1-7,10-12,21H,8,13H2,(H,23,24)/b22-12+. The molecule has 0 spiro atoms. The Morgan fingerprint density at radius 2 is 2.12 bits per heavy atom. The van der Waals surface area contributed by atoms with Crippen LogP contribution in [-0.2, 0) is 11.4 Å². The quantitative estimate of drug-likeness (QED) is 0.537. The number of aromatic amines is 1. The molecule has 3 rings (SSSR count). The lowest BCUT2D eigenvalue weighted by atomic mass is 10.2. The summed E-state index contributed by atoms with van der Waals surface area (Å²) in [4.78, 5) is 14.4. The molecule has 0 aliphatic rings. The number of nitrogens with zero attached hydrogens (tertiary/aromatic N) is 2. The lowest BCUT2D eigenvalue weighted by Gasteiger charge is -2.06. The fraction of sp³-hybridized carbons (Fsp3) is 0.105. The number of carbonyl (C=O) groups excluding carboxylic acids is 1. The molecular formula is C19H16N4O2. The van der Waals surface area contributed by atoms with E-state index in [0.717, 1.165) is 27.8 Å². The summed E-state index contributed by atoms with van der Waals surface area (Å²) >= 11 is 0. The van der Waals surface area contributed by atoms with Gasteiger partial charge in [-0.3, -0.25) is 4.79 Å². The van der Waals surface area contributed by atoms with E-state index in [4.69, 9.17) is 10.00 Å². The molecule has 1 aromatic heterocycles. The van der Waals surface area contributed by atoms with E-state index in [1.807, 2.05) is 48.5 Å². The maximum Gasteiger partial charge on any atom is 0.254 e. The highest BCUT2D eigenvalue weighted by molar-refractivity contribution is 5.99. The molecule has 2 aromatic carbocycles. The van der Waals surface area contributed by atoms with E-state index in [1.54, 1.807) is 18.5 Å². The zero-order valence-electron chi connectivity index (χ0n) is 13.4. The summed E-state index contributed by atoms with van der Waals surface area (Å²) in [6, 6.07) is 17.5. The summed E-state index contributed by atoms with van der Waals surface area (Å²) in [6.07, 6.45) is 3.12. The number of hydrogen-bond donors (Lipinski definition) is 2. The smallest absolute Gasteiger partial charge is 0.254 e. The number of hydrazone groups is 1. The Labute approximate surface area is 144 Å². The molecular weight excluding hydrogens is 316 g/mol. The van der Waals surface area contributed by atoms with Gasteiger partial charge in [-0.25, -0.2) is 5.43 Å². The molecule has 1 amide bonds. The van der Waals surface area contributed by atoms with Gasteiger partial charge in [0.1, 0.15) is 18.8 Å². The van der Waals surface area contributed by atoms with E-state index in [9.17, 15) is 4.79 Å². The second-order valence-electron chi connectivity index (χ2n) is 5.35.